The molecule has 1 aromatic heterocycles. The SMILES string of the molecule is Cn1nnc2c1-c1ccccc1CN(C(C)(C)C)c1ccccc1-2. The van der Waals surface area contributed by atoms with Gasteiger partial charge in [-0.3, -0.25) is 0 Å². The first-order chi connectivity index (χ1) is 11.5. The molecule has 4 rings (SSSR count). The van der Waals surface area contributed by atoms with E-state index in [-0.39, 0.29) is 5.54 Å². The summed E-state index contributed by atoms with van der Waals surface area (Å²) in [6, 6.07) is 17.1. The van der Waals surface area contributed by atoms with Gasteiger partial charge in [0.15, 0.2) is 0 Å². The van der Waals surface area contributed by atoms with Crippen LogP contribution >= 0.6 is 0 Å². The van der Waals surface area contributed by atoms with Gasteiger partial charge in [-0.2, -0.15) is 0 Å². The Morgan fingerprint density at radius 1 is 0.917 bits per heavy atom. The minimum Gasteiger partial charge on any atom is -0.362 e. The number of rotatable bonds is 0. The fraction of sp³-hybridized carbons (Fsp3) is 0.300. The van der Waals surface area contributed by atoms with E-state index in [0.29, 0.717) is 0 Å². The Balaban J connectivity index is 2.09. The Morgan fingerprint density at radius 2 is 1.58 bits per heavy atom. The third-order valence-corrected chi connectivity index (χ3v) is 4.69. The second-order valence-corrected chi connectivity index (χ2v) is 7.34. The topological polar surface area (TPSA) is 34.0 Å². The lowest BCUT2D eigenvalue weighted by Crippen LogP contribution is -2.41. The molecular weight excluding hydrogens is 296 g/mol. The molecule has 4 nitrogen and oxygen atoms in total. The molecule has 0 N–H and O–H groups in total. The van der Waals surface area contributed by atoms with Crippen molar-refractivity contribution in [2.24, 2.45) is 7.05 Å². The molecule has 2 aromatic carbocycles. The Morgan fingerprint density at radius 3 is 2.33 bits per heavy atom. The van der Waals surface area contributed by atoms with Gasteiger partial charge >= 0.3 is 0 Å². The van der Waals surface area contributed by atoms with Crippen LogP contribution in [0, 0.1) is 0 Å². The average Bonchev–Trinajstić information content (AvgIpc) is 2.91. The van der Waals surface area contributed by atoms with Crippen LogP contribution in [-0.4, -0.2) is 20.5 Å². The Kier molecular flexibility index (Phi) is 3.23. The van der Waals surface area contributed by atoms with Crippen molar-refractivity contribution in [3.8, 4) is 22.5 Å². The smallest absolute Gasteiger partial charge is 0.123 e. The van der Waals surface area contributed by atoms with Crippen molar-refractivity contribution in [1.82, 2.24) is 15.0 Å². The van der Waals surface area contributed by atoms with Crippen molar-refractivity contribution in [2.45, 2.75) is 32.9 Å². The number of benzene rings is 2. The standard InChI is InChI=1S/C20H22N4/c1-20(2,3)24-13-14-9-5-6-10-15(14)19-18(21-22-23(19)4)16-11-7-8-12-17(16)24/h5-12H,13H2,1-4H3. The first-order valence-corrected chi connectivity index (χ1v) is 8.32. The number of anilines is 1. The minimum absolute atomic E-state index is 0.00290. The number of aromatic nitrogens is 3. The molecule has 0 unspecified atom stereocenters. The highest BCUT2D eigenvalue weighted by Crippen LogP contribution is 2.42. The number of fused-ring (bicyclic) bond motifs is 5. The molecule has 1 aliphatic heterocycles. The third kappa shape index (κ3) is 2.21. The van der Waals surface area contributed by atoms with Gasteiger partial charge in [-0.05, 0) is 32.4 Å². The maximum atomic E-state index is 4.50. The Hall–Kier alpha value is -2.62. The summed E-state index contributed by atoms with van der Waals surface area (Å²) in [6.07, 6.45) is 0. The summed E-state index contributed by atoms with van der Waals surface area (Å²) in [6.45, 7) is 7.63. The molecule has 0 amide bonds. The zero-order valence-corrected chi connectivity index (χ0v) is 14.6. The van der Waals surface area contributed by atoms with Crippen LogP contribution in [0.15, 0.2) is 48.5 Å². The molecule has 0 radical (unpaired) electrons. The number of nitrogens with zero attached hydrogens (tertiary/aromatic N) is 4. The Labute approximate surface area is 142 Å². The van der Waals surface area contributed by atoms with Crippen molar-refractivity contribution in [3.63, 3.8) is 0 Å². The number of para-hydroxylation sites is 1. The van der Waals surface area contributed by atoms with Crippen molar-refractivity contribution < 1.29 is 0 Å². The summed E-state index contributed by atoms with van der Waals surface area (Å²) in [5, 5.41) is 8.82. The molecule has 0 spiro atoms. The van der Waals surface area contributed by atoms with E-state index in [1.165, 1.54) is 16.8 Å². The zero-order chi connectivity index (χ0) is 16.9. The Bertz CT molecular complexity index is 902. The van der Waals surface area contributed by atoms with E-state index in [2.05, 4.69) is 84.5 Å². The predicted octanol–water partition coefficient (Wildman–Crippen LogP) is 4.27. The van der Waals surface area contributed by atoms with Gasteiger partial charge < -0.3 is 4.90 Å². The predicted molar refractivity (Wildman–Crippen MR) is 97.8 cm³/mol. The van der Waals surface area contributed by atoms with Crippen LogP contribution in [0.25, 0.3) is 22.5 Å². The molecule has 2 heterocycles. The van der Waals surface area contributed by atoms with Crippen LogP contribution in [0.3, 0.4) is 0 Å². The van der Waals surface area contributed by atoms with E-state index in [0.717, 1.165) is 23.5 Å². The lowest BCUT2D eigenvalue weighted by Gasteiger charge is -2.40. The summed E-state index contributed by atoms with van der Waals surface area (Å²) in [4.78, 5) is 2.46. The summed E-state index contributed by atoms with van der Waals surface area (Å²) in [5.41, 5.74) is 6.91. The van der Waals surface area contributed by atoms with E-state index >= 15 is 0 Å². The third-order valence-electron chi connectivity index (χ3n) is 4.69. The molecule has 0 saturated carbocycles. The first-order valence-electron chi connectivity index (χ1n) is 8.32. The number of hydrogen-bond donors (Lipinski definition) is 0. The highest BCUT2D eigenvalue weighted by Gasteiger charge is 2.30. The lowest BCUT2D eigenvalue weighted by molar-refractivity contribution is 0.501. The molecule has 0 fully saturated rings. The normalized spacial score (nSPS) is 13.6. The largest absolute Gasteiger partial charge is 0.362 e. The van der Waals surface area contributed by atoms with E-state index in [4.69, 9.17) is 0 Å². The van der Waals surface area contributed by atoms with Crippen LogP contribution in [-0.2, 0) is 13.6 Å². The summed E-state index contributed by atoms with van der Waals surface area (Å²) < 4.78 is 1.89. The quantitative estimate of drug-likeness (QED) is 0.621. The van der Waals surface area contributed by atoms with Gasteiger partial charge in [-0.25, -0.2) is 4.68 Å². The summed E-state index contributed by atoms with van der Waals surface area (Å²) >= 11 is 0. The number of hydrogen-bond acceptors (Lipinski definition) is 3. The fourth-order valence-electron chi connectivity index (χ4n) is 3.49. The van der Waals surface area contributed by atoms with Crippen molar-refractivity contribution in [1.29, 1.82) is 0 Å². The van der Waals surface area contributed by atoms with E-state index in [1.807, 2.05) is 11.7 Å². The van der Waals surface area contributed by atoms with Gasteiger partial charge in [-0.1, -0.05) is 47.7 Å². The fourth-order valence-corrected chi connectivity index (χ4v) is 3.49. The van der Waals surface area contributed by atoms with Gasteiger partial charge in [0.25, 0.3) is 0 Å². The highest BCUT2D eigenvalue weighted by molar-refractivity contribution is 5.88. The molecule has 24 heavy (non-hydrogen) atoms. The highest BCUT2D eigenvalue weighted by atomic mass is 15.4. The minimum atomic E-state index is 0.00290. The van der Waals surface area contributed by atoms with Crippen LogP contribution < -0.4 is 4.90 Å². The lowest BCUT2D eigenvalue weighted by atomic mass is 9.92. The van der Waals surface area contributed by atoms with Crippen LogP contribution in [0.2, 0.25) is 0 Å². The van der Waals surface area contributed by atoms with Crippen molar-refractivity contribution in [2.75, 3.05) is 4.90 Å². The van der Waals surface area contributed by atoms with E-state index in [9.17, 15) is 0 Å². The van der Waals surface area contributed by atoms with E-state index in [1.54, 1.807) is 0 Å². The summed E-state index contributed by atoms with van der Waals surface area (Å²) in [7, 11) is 1.97. The second-order valence-electron chi connectivity index (χ2n) is 7.34. The van der Waals surface area contributed by atoms with Crippen LogP contribution in [0.5, 0.6) is 0 Å². The molecule has 3 aromatic rings. The summed E-state index contributed by atoms with van der Waals surface area (Å²) in [5.74, 6) is 0. The monoisotopic (exact) mass is 318 g/mol. The van der Waals surface area contributed by atoms with Crippen LogP contribution in [0.1, 0.15) is 26.3 Å². The van der Waals surface area contributed by atoms with Crippen LogP contribution in [0.4, 0.5) is 5.69 Å². The molecular formula is C20H22N4. The maximum absolute atomic E-state index is 4.50. The molecule has 122 valence electrons. The molecule has 0 aliphatic carbocycles. The van der Waals surface area contributed by atoms with Gasteiger partial charge in [0, 0.05) is 35.9 Å². The maximum Gasteiger partial charge on any atom is 0.123 e. The van der Waals surface area contributed by atoms with Gasteiger partial charge in [0.2, 0.25) is 0 Å². The molecule has 0 atom stereocenters. The van der Waals surface area contributed by atoms with Crippen molar-refractivity contribution in [3.05, 3.63) is 54.1 Å². The van der Waals surface area contributed by atoms with Gasteiger partial charge in [-0.15, -0.1) is 5.10 Å². The number of aryl methyl sites for hydroxylation is 1. The first kappa shape index (κ1) is 14.9. The molecule has 1 aliphatic rings. The molecule has 0 saturated heterocycles. The molecule has 0 bridgehead atoms. The second kappa shape index (κ2) is 5.20. The van der Waals surface area contributed by atoms with E-state index < -0.39 is 0 Å². The average molecular weight is 318 g/mol. The zero-order valence-electron chi connectivity index (χ0n) is 14.6. The van der Waals surface area contributed by atoms with Crippen molar-refractivity contribution >= 4 is 5.69 Å². The van der Waals surface area contributed by atoms with Gasteiger partial charge in [0.1, 0.15) is 5.69 Å². The van der Waals surface area contributed by atoms with Gasteiger partial charge in [0.05, 0.1) is 5.69 Å². The molecule has 4 heteroatoms.